The summed E-state index contributed by atoms with van der Waals surface area (Å²) < 4.78 is 26.7. The zero-order valence-corrected chi connectivity index (χ0v) is 11.5. The van der Waals surface area contributed by atoms with Crippen LogP contribution in [0.25, 0.3) is 0 Å². The van der Waals surface area contributed by atoms with Crippen molar-refractivity contribution in [2.45, 2.75) is 4.90 Å². The molecule has 2 N–H and O–H groups in total. The van der Waals surface area contributed by atoms with Crippen molar-refractivity contribution in [2.75, 3.05) is 4.72 Å². The summed E-state index contributed by atoms with van der Waals surface area (Å²) in [5.74, 6) is -1.23. The summed E-state index contributed by atoms with van der Waals surface area (Å²) in [6, 6.07) is 6.40. The van der Waals surface area contributed by atoms with Crippen LogP contribution in [-0.4, -0.2) is 24.5 Å². The molecule has 0 aliphatic heterocycles. The van der Waals surface area contributed by atoms with Gasteiger partial charge in [-0.2, -0.15) is 0 Å². The van der Waals surface area contributed by atoms with Gasteiger partial charge in [0.05, 0.1) is 16.3 Å². The predicted molar refractivity (Wildman–Crippen MR) is 73.5 cm³/mol. The SMILES string of the molecule is O=C(O)c1ccc(Cl)c(S(=O)(=O)Nc2ccncc2)c1. The van der Waals surface area contributed by atoms with Gasteiger partial charge in [0.1, 0.15) is 4.90 Å². The Kier molecular flexibility index (Phi) is 3.91. The fourth-order valence-corrected chi connectivity index (χ4v) is 3.06. The number of halogens is 1. The Hall–Kier alpha value is -2.12. The molecule has 1 aromatic carbocycles. The fraction of sp³-hybridized carbons (Fsp3) is 0. The Morgan fingerprint density at radius 3 is 2.45 bits per heavy atom. The summed E-state index contributed by atoms with van der Waals surface area (Å²) in [4.78, 5) is 14.4. The molecule has 0 unspecified atom stereocenters. The zero-order valence-electron chi connectivity index (χ0n) is 9.95. The molecule has 1 heterocycles. The standard InChI is InChI=1S/C12H9ClN2O4S/c13-10-2-1-8(12(16)17)7-11(10)20(18,19)15-9-3-5-14-6-4-9/h1-7H,(H,14,15)(H,16,17). The van der Waals surface area contributed by atoms with Gasteiger partial charge in [-0.15, -0.1) is 0 Å². The molecule has 0 radical (unpaired) electrons. The molecule has 20 heavy (non-hydrogen) atoms. The van der Waals surface area contributed by atoms with Crippen molar-refractivity contribution in [3.63, 3.8) is 0 Å². The number of pyridine rings is 1. The van der Waals surface area contributed by atoms with Crippen LogP contribution in [0.3, 0.4) is 0 Å². The summed E-state index contributed by atoms with van der Waals surface area (Å²) in [6.45, 7) is 0. The summed E-state index contributed by atoms with van der Waals surface area (Å²) in [7, 11) is -3.97. The van der Waals surface area contributed by atoms with Crippen LogP contribution in [0.4, 0.5) is 5.69 Å². The molecule has 0 aliphatic carbocycles. The molecule has 0 fully saturated rings. The summed E-state index contributed by atoms with van der Waals surface area (Å²) >= 11 is 5.83. The molecule has 0 saturated carbocycles. The number of hydrogen-bond donors (Lipinski definition) is 2. The van der Waals surface area contributed by atoms with Gasteiger partial charge in [0.2, 0.25) is 0 Å². The number of sulfonamides is 1. The first-order valence-corrected chi connectivity index (χ1v) is 7.22. The van der Waals surface area contributed by atoms with E-state index in [0.29, 0.717) is 5.69 Å². The number of anilines is 1. The molecular weight excluding hydrogens is 304 g/mol. The normalized spacial score (nSPS) is 11.1. The number of carboxylic acids is 1. The van der Waals surface area contributed by atoms with Gasteiger partial charge in [0.25, 0.3) is 10.0 Å². The Morgan fingerprint density at radius 2 is 1.85 bits per heavy atom. The quantitative estimate of drug-likeness (QED) is 0.902. The number of aromatic carboxylic acids is 1. The number of aromatic nitrogens is 1. The highest BCUT2D eigenvalue weighted by atomic mass is 35.5. The lowest BCUT2D eigenvalue weighted by molar-refractivity contribution is 0.0696. The minimum atomic E-state index is -3.97. The molecule has 8 heteroatoms. The van der Waals surface area contributed by atoms with E-state index in [1.54, 1.807) is 0 Å². The number of rotatable bonds is 4. The van der Waals surface area contributed by atoms with Crippen molar-refractivity contribution >= 4 is 33.3 Å². The molecule has 104 valence electrons. The predicted octanol–water partition coefficient (Wildman–Crippen LogP) is 2.23. The van der Waals surface area contributed by atoms with Crippen molar-refractivity contribution in [1.29, 1.82) is 0 Å². The number of nitrogens with zero attached hydrogens (tertiary/aromatic N) is 1. The van der Waals surface area contributed by atoms with Crippen LogP contribution in [-0.2, 0) is 10.0 Å². The molecule has 0 bridgehead atoms. The van der Waals surface area contributed by atoms with Crippen molar-refractivity contribution in [2.24, 2.45) is 0 Å². The van der Waals surface area contributed by atoms with Gasteiger partial charge in [-0.3, -0.25) is 9.71 Å². The van der Waals surface area contributed by atoms with E-state index in [-0.39, 0.29) is 15.5 Å². The Morgan fingerprint density at radius 1 is 1.20 bits per heavy atom. The first kappa shape index (κ1) is 14.3. The van der Waals surface area contributed by atoms with E-state index in [2.05, 4.69) is 9.71 Å². The Labute approximate surface area is 120 Å². The largest absolute Gasteiger partial charge is 0.478 e. The maximum atomic E-state index is 12.2. The number of hydrogen-bond acceptors (Lipinski definition) is 4. The molecule has 0 amide bonds. The highest BCUT2D eigenvalue weighted by Crippen LogP contribution is 2.24. The average Bonchev–Trinajstić information content (AvgIpc) is 2.39. The number of carbonyl (C=O) groups is 1. The third-order valence-electron chi connectivity index (χ3n) is 2.40. The molecular formula is C12H9ClN2O4S. The van der Waals surface area contributed by atoms with Crippen LogP contribution in [0.15, 0.2) is 47.6 Å². The first-order valence-electron chi connectivity index (χ1n) is 5.36. The van der Waals surface area contributed by atoms with Crippen molar-refractivity contribution in [1.82, 2.24) is 4.98 Å². The van der Waals surface area contributed by atoms with E-state index in [9.17, 15) is 13.2 Å². The van der Waals surface area contributed by atoms with E-state index < -0.39 is 16.0 Å². The first-order chi connectivity index (χ1) is 9.40. The van der Waals surface area contributed by atoms with Crippen molar-refractivity contribution in [3.8, 4) is 0 Å². The van der Waals surface area contributed by atoms with Crippen LogP contribution in [0.5, 0.6) is 0 Å². The lowest BCUT2D eigenvalue weighted by Crippen LogP contribution is -2.14. The fourth-order valence-electron chi connectivity index (χ4n) is 1.47. The summed E-state index contributed by atoms with van der Waals surface area (Å²) in [5.41, 5.74) is 0.140. The minimum absolute atomic E-state index is 0.0587. The molecule has 0 aliphatic rings. The van der Waals surface area contributed by atoms with Gasteiger partial charge in [-0.25, -0.2) is 13.2 Å². The van der Waals surface area contributed by atoms with E-state index in [0.717, 1.165) is 6.07 Å². The van der Waals surface area contributed by atoms with Gasteiger partial charge in [0.15, 0.2) is 0 Å². The van der Waals surface area contributed by atoms with E-state index >= 15 is 0 Å². The molecule has 2 rings (SSSR count). The molecule has 2 aromatic rings. The smallest absolute Gasteiger partial charge is 0.335 e. The molecule has 1 aromatic heterocycles. The second-order valence-electron chi connectivity index (χ2n) is 3.79. The van der Waals surface area contributed by atoms with Gasteiger partial charge in [0, 0.05) is 12.4 Å². The topological polar surface area (TPSA) is 96.4 Å². The van der Waals surface area contributed by atoms with E-state index in [4.69, 9.17) is 16.7 Å². The number of benzene rings is 1. The maximum absolute atomic E-state index is 12.2. The van der Waals surface area contributed by atoms with Gasteiger partial charge >= 0.3 is 5.97 Å². The zero-order chi connectivity index (χ0) is 14.8. The monoisotopic (exact) mass is 312 g/mol. The third-order valence-corrected chi connectivity index (χ3v) is 4.26. The maximum Gasteiger partial charge on any atom is 0.335 e. The highest BCUT2D eigenvalue weighted by molar-refractivity contribution is 7.92. The van der Waals surface area contributed by atoms with Crippen LogP contribution in [0.1, 0.15) is 10.4 Å². The van der Waals surface area contributed by atoms with Crippen molar-refractivity contribution < 1.29 is 18.3 Å². The van der Waals surface area contributed by atoms with E-state index in [1.165, 1.54) is 36.7 Å². The van der Waals surface area contributed by atoms with Crippen molar-refractivity contribution in [3.05, 3.63) is 53.3 Å². The van der Waals surface area contributed by atoms with Crippen LogP contribution >= 0.6 is 11.6 Å². The highest BCUT2D eigenvalue weighted by Gasteiger charge is 2.20. The molecule has 0 atom stereocenters. The third kappa shape index (κ3) is 3.06. The van der Waals surface area contributed by atoms with Crippen LogP contribution in [0.2, 0.25) is 5.02 Å². The second-order valence-corrected chi connectivity index (χ2v) is 5.85. The van der Waals surface area contributed by atoms with Crippen LogP contribution in [0, 0.1) is 0 Å². The lowest BCUT2D eigenvalue weighted by Gasteiger charge is -2.09. The summed E-state index contributed by atoms with van der Waals surface area (Å²) in [5, 5.41) is 8.83. The lowest BCUT2D eigenvalue weighted by atomic mass is 10.2. The average molecular weight is 313 g/mol. The molecule has 6 nitrogen and oxygen atoms in total. The Bertz CT molecular complexity index is 747. The van der Waals surface area contributed by atoms with Gasteiger partial charge in [-0.05, 0) is 30.3 Å². The minimum Gasteiger partial charge on any atom is -0.478 e. The van der Waals surface area contributed by atoms with Crippen LogP contribution < -0.4 is 4.72 Å². The molecule has 0 spiro atoms. The summed E-state index contributed by atoms with van der Waals surface area (Å²) in [6.07, 6.45) is 2.85. The molecule has 0 saturated heterocycles. The van der Waals surface area contributed by atoms with Gasteiger partial charge < -0.3 is 5.11 Å². The number of carboxylic acid groups (broad SMARTS) is 1. The van der Waals surface area contributed by atoms with Gasteiger partial charge in [-0.1, -0.05) is 11.6 Å². The second kappa shape index (κ2) is 5.48. The number of nitrogens with one attached hydrogen (secondary N) is 1. The van der Waals surface area contributed by atoms with E-state index in [1.807, 2.05) is 0 Å². The Balaban J connectivity index is 2.44.